The highest BCUT2D eigenvalue weighted by Crippen LogP contribution is 2.41. The van der Waals surface area contributed by atoms with E-state index in [4.69, 9.17) is 28.7 Å². The molecular weight excluding hydrogens is 777 g/mol. The highest BCUT2D eigenvalue weighted by Gasteiger charge is 2.51. The summed E-state index contributed by atoms with van der Waals surface area (Å²) >= 11 is 0. The number of fused-ring (bicyclic) bond motifs is 2. The summed E-state index contributed by atoms with van der Waals surface area (Å²) in [6.07, 6.45) is 6.92. The van der Waals surface area contributed by atoms with Crippen molar-refractivity contribution in [3.63, 3.8) is 0 Å². The van der Waals surface area contributed by atoms with E-state index in [0.29, 0.717) is 57.9 Å². The average molecular weight is 841 g/mol. The number of guanidine groups is 2. The van der Waals surface area contributed by atoms with Gasteiger partial charge in [-0.25, -0.2) is 4.79 Å². The maximum Gasteiger partial charge on any atom is 0.326 e. The fourth-order valence-corrected chi connectivity index (χ4v) is 8.42. The second kappa shape index (κ2) is 23.3. The van der Waals surface area contributed by atoms with E-state index >= 15 is 0 Å². The van der Waals surface area contributed by atoms with Crippen LogP contribution >= 0.6 is 0 Å². The van der Waals surface area contributed by atoms with E-state index in [1.165, 1.54) is 9.80 Å². The maximum atomic E-state index is 14.4. The van der Waals surface area contributed by atoms with Gasteiger partial charge in [0.1, 0.15) is 24.2 Å². The Morgan fingerprint density at radius 1 is 0.800 bits per heavy atom. The monoisotopic (exact) mass is 840 g/mol. The molecule has 3 aliphatic rings. The lowest BCUT2D eigenvalue weighted by atomic mass is 9.84. The summed E-state index contributed by atoms with van der Waals surface area (Å²) in [6.45, 7) is 0.193. The fraction of sp³-hybridized carbons (Fsp3) is 0.650. The van der Waals surface area contributed by atoms with E-state index in [0.717, 1.165) is 30.4 Å². The van der Waals surface area contributed by atoms with Gasteiger partial charge in [-0.1, -0.05) is 43.5 Å². The molecule has 0 radical (unpaired) electrons. The largest absolute Gasteiger partial charge is 0.480 e. The molecule has 332 valence electrons. The first kappa shape index (κ1) is 47.2. The number of aliphatic hydroxyl groups excluding tert-OH is 1. The van der Waals surface area contributed by atoms with Crippen LogP contribution in [0.5, 0.6) is 0 Å². The zero-order valence-electron chi connectivity index (χ0n) is 34.3. The molecule has 1 aromatic carbocycles. The molecule has 7 atom stereocenters. The normalized spacial score (nSPS) is 21.0. The zero-order valence-corrected chi connectivity index (χ0v) is 34.3. The summed E-state index contributed by atoms with van der Waals surface area (Å²) in [5, 5.41) is 28.6. The molecule has 60 heavy (non-hydrogen) atoms. The van der Waals surface area contributed by atoms with Crippen LogP contribution in [0.15, 0.2) is 34.3 Å². The van der Waals surface area contributed by atoms with Crippen molar-refractivity contribution in [3.8, 4) is 0 Å². The number of aliphatic imine (C=N–C) groups is 2. The molecule has 2 heterocycles. The van der Waals surface area contributed by atoms with Crippen LogP contribution < -0.4 is 44.6 Å². The number of hydrogen-bond acceptors (Lipinski definition) is 10. The third-order valence-electron chi connectivity index (χ3n) is 11.5. The van der Waals surface area contributed by atoms with E-state index in [-0.39, 0.29) is 62.8 Å². The van der Waals surface area contributed by atoms with Crippen molar-refractivity contribution in [2.75, 3.05) is 26.2 Å². The van der Waals surface area contributed by atoms with Crippen LogP contribution in [0, 0.1) is 5.92 Å². The Kier molecular flexibility index (Phi) is 18.3. The molecule has 0 spiro atoms. The van der Waals surface area contributed by atoms with Gasteiger partial charge in [-0.3, -0.25) is 34.0 Å². The number of nitrogens with zero attached hydrogens (tertiary/aromatic N) is 4. The van der Waals surface area contributed by atoms with Crippen molar-refractivity contribution in [3.05, 3.63) is 35.4 Å². The van der Waals surface area contributed by atoms with Gasteiger partial charge in [-0.15, -0.1) is 0 Å². The molecule has 5 amide bonds. The van der Waals surface area contributed by atoms with Crippen LogP contribution in [0.1, 0.15) is 94.6 Å². The summed E-state index contributed by atoms with van der Waals surface area (Å²) in [4.78, 5) is 90.5. The number of nitrogens with two attached hydrogens (primary N) is 5. The van der Waals surface area contributed by atoms with Crippen LogP contribution in [0.4, 0.5) is 0 Å². The molecule has 15 N–H and O–H groups in total. The molecular formula is C40H64N12O8. The number of hydrogen-bond donors (Lipinski definition) is 10. The third kappa shape index (κ3) is 13.5. The number of amides is 5. The Morgan fingerprint density at radius 2 is 1.47 bits per heavy atom. The fourth-order valence-electron chi connectivity index (χ4n) is 8.42. The number of nitrogens with one attached hydrogen (secondary N) is 3. The van der Waals surface area contributed by atoms with Gasteiger partial charge in [0.05, 0.1) is 12.6 Å². The average Bonchev–Trinajstić information content (AvgIpc) is 3.62. The van der Waals surface area contributed by atoms with Crippen LogP contribution in [0.3, 0.4) is 0 Å². The minimum absolute atomic E-state index is 0.0323. The summed E-state index contributed by atoms with van der Waals surface area (Å²) in [5.41, 5.74) is 29.2. The van der Waals surface area contributed by atoms with Gasteiger partial charge >= 0.3 is 5.97 Å². The first-order valence-electron chi connectivity index (χ1n) is 21.0. The molecule has 1 unspecified atom stereocenters. The second-order valence-corrected chi connectivity index (χ2v) is 15.9. The van der Waals surface area contributed by atoms with Gasteiger partial charge in [0.15, 0.2) is 11.9 Å². The molecule has 2 aliphatic heterocycles. The van der Waals surface area contributed by atoms with E-state index in [9.17, 15) is 39.0 Å². The smallest absolute Gasteiger partial charge is 0.326 e. The summed E-state index contributed by atoms with van der Waals surface area (Å²) in [5.74, 6) is -3.56. The number of carbonyl (C=O) groups is 6. The standard InChI is InChI=1S/C40H64N12O8/c41-27(13-8-18-47-39(42)43)34(55)50-28(14-9-19-48-40(44)45)35(56)46-17-7-1-2-16-33(54)49-29(23-53)36(57)51-22-26-12-4-3-10-24(26)20-31(51)37(58)52-30-15-6-5-11-25(30)21-32(52)38(59)60/h3-4,10,12,25,27-32,53H,1-2,5-9,11,13-23,41H2,(H,46,56)(H,49,54)(H,50,55)(H,59,60)(H4,42,43,47)(H4,44,45,48)/t25-,27+,28-,29-,30-,31+,32?/m0/s1. The Labute approximate surface area is 350 Å². The number of rotatable bonds is 22. The van der Waals surface area contributed by atoms with Gasteiger partial charge in [-0.2, -0.15) is 0 Å². The molecule has 20 heteroatoms. The van der Waals surface area contributed by atoms with Crippen molar-refractivity contribution in [1.29, 1.82) is 0 Å². The molecule has 1 saturated carbocycles. The zero-order chi connectivity index (χ0) is 43.8. The molecule has 0 aromatic heterocycles. The number of unbranched alkanes of at least 4 members (excludes halogenated alkanes) is 2. The third-order valence-corrected chi connectivity index (χ3v) is 11.5. The number of benzene rings is 1. The van der Waals surface area contributed by atoms with Crippen LogP contribution in [-0.4, -0.2) is 130 Å². The topological polar surface area (TPSA) is 340 Å². The minimum Gasteiger partial charge on any atom is -0.480 e. The Bertz CT molecular complexity index is 1720. The van der Waals surface area contributed by atoms with Crippen molar-refractivity contribution in [2.45, 2.75) is 133 Å². The van der Waals surface area contributed by atoms with Gasteiger partial charge in [-0.05, 0) is 74.8 Å². The SMILES string of the molecule is NC(N)=NCCC[C@@H](N)C(=O)N[C@@H](CCCN=C(N)N)C(=O)NCCCCCC(=O)N[C@@H](CO)C(=O)N1Cc2ccccc2C[C@@H]1C(=O)N1C(C(=O)O)C[C@@H]2CCCC[C@@H]21. The van der Waals surface area contributed by atoms with E-state index in [1.807, 2.05) is 24.3 Å². The lowest BCUT2D eigenvalue weighted by Gasteiger charge is -2.42. The molecule has 1 saturated heterocycles. The van der Waals surface area contributed by atoms with Crippen LogP contribution in [0.25, 0.3) is 0 Å². The quantitative estimate of drug-likeness (QED) is 0.0353. The molecule has 2 fully saturated rings. The van der Waals surface area contributed by atoms with E-state index in [2.05, 4.69) is 25.9 Å². The molecule has 0 bridgehead atoms. The molecule has 20 nitrogen and oxygen atoms in total. The summed E-state index contributed by atoms with van der Waals surface area (Å²) in [6, 6.07) is 2.15. The Hall–Kier alpha value is -5.50. The van der Waals surface area contributed by atoms with Gasteiger partial charge in [0, 0.05) is 45.1 Å². The predicted molar refractivity (Wildman–Crippen MR) is 223 cm³/mol. The summed E-state index contributed by atoms with van der Waals surface area (Å²) < 4.78 is 0. The molecule has 4 rings (SSSR count). The predicted octanol–water partition coefficient (Wildman–Crippen LogP) is -1.74. The van der Waals surface area contributed by atoms with E-state index in [1.54, 1.807) is 0 Å². The number of carboxylic acids is 1. The van der Waals surface area contributed by atoms with Gasteiger partial charge < -0.3 is 64.6 Å². The highest BCUT2D eigenvalue weighted by atomic mass is 16.4. The first-order chi connectivity index (χ1) is 28.7. The van der Waals surface area contributed by atoms with Crippen molar-refractivity contribution < 1.29 is 39.0 Å². The van der Waals surface area contributed by atoms with Gasteiger partial charge in [0.2, 0.25) is 29.5 Å². The Balaban J connectivity index is 1.29. The lowest BCUT2D eigenvalue weighted by Crippen LogP contribution is -2.61. The van der Waals surface area contributed by atoms with Crippen LogP contribution in [0.2, 0.25) is 0 Å². The van der Waals surface area contributed by atoms with Crippen molar-refractivity contribution >= 4 is 47.4 Å². The maximum absolute atomic E-state index is 14.4. The summed E-state index contributed by atoms with van der Waals surface area (Å²) in [7, 11) is 0. The first-order valence-corrected chi connectivity index (χ1v) is 21.0. The number of carbonyl (C=O) groups excluding carboxylic acids is 5. The molecule has 1 aliphatic carbocycles. The Morgan fingerprint density at radius 3 is 2.13 bits per heavy atom. The van der Waals surface area contributed by atoms with Crippen LogP contribution in [-0.2, 0) is 41.7 Å². The highest BCUT2D eigenvalue weighted by molar-refractivity contribution is 5.95. The minimum atomic E-state index is -1.32. The molecule has 1 aromatic rings. The number of aliphatic carboxylic acids is 1. The number of aliphatic hydroxyl groups is 1. The number of carboxylic acid groups (broad SMARTS) is 1. The second-order valence-electron chi connectivity index (χ2n) is 15.9. The lowest BCUT2D eigenvalue weighted by molar-refractivity contribution is -0.156. The number of likely N-dealkylation sites (tertiary alicyclic amines) is 1. The van der Waals surface area contributed by atoms with Crippen molar-refractivity contribution in [2.24, 2.45) is 44.6 Å². The van der Waals surface area contributed by atoms with Crippen molar-refractivity contribution in [1.82, 2.24) is 25.8 Å². The van der Waals surface area contributed by atoms with E-state index < -0.39 is 72.3 Å². The van der Waals surface area contributed by atoms with Gasteiger partial charge in [0.25, 0.3) is 0 Å².